The molecular formula is C21H21FN2O2. The van der Waals surface area contributed by atoms with E-state index in [-0.39, 0.29) is 5.43 Å². The maximum Gasteiger partial charge on any atom is 0.193 e. The monoisotopic (exact) mass is 352 g/mol. The Morgan fingerprint density at radius 2 is 2.12 bits per heavy atom. The molecule has 1 aliphatic rings. The molecule has 0 bridgehead atoms. The van der Waals surface area contributed by atoms with Gasteiger partial charge >= 0.3 is 0 Å². The summed E-state index contributed by atoms with van der Waals surface area (Å²) in [5.74, 6) is 0.460. The summed E-state index contributed by atoms with van der Waals surface area (Å²) < 4.78 is 18.8. The zero-order valence-corrected chi connectivity index (χ0v) is 14.7. The second-order valence-corrected chi connectivity index (χ2v) is 6.79. The van der Waals surface area contributed by atoms with Gasteiger partial charge in [0, 0.05) is 43.0 Å². The summed E-state index contributed by atoms with van der Waals surface area (Å²) in [4.78, 5) is 14.9. The minimum absolute atomic E-state index is 0.0862. The first-order chi connectivity index (χ1) is 12.6. The lowest BCUT2D eigenvalue weighted by Crippen LogP contribution is -2.49. The van der Waals surface area contributed by atoms with Gasteiger partial charge in [-0.25, -0.2) is 4.39 Å². The van der Waals surface area contributed by atoms with E-state index in [1.165, 1.54) is 6.07 Å². The van der Waals surface area contributed by atoms with Crippen LogP contribution in [0.3, 0.4) is 0 Å². The molecule has 4 rings (SSSR count). The summed E-state index contributed by atoms with van der Waals surface area (Å²) >= 11 is 0. The average molecular weight is 352 g/mol. The molecule has 2 aromatic carbocycles. The topological polar surface area (TPSA) is 45.5 Å². The molecule has 1 saturated heterocycles. The van der Waals surface area contributed by atoms with Crippen molar-refractivity contribution < 1.29 is 8.81 Å². The highest BCUT2D eigenvalue weighted by Crippen LogP contribution is 2.26. The van der Waals surface area contributed by atoms with E-state index < -0.39 is 6.67 Å². The highest BCUT2D eigenvalue weighted by atomic mass is 19.1. The van der Waals surface area contributed by atoms with Crippen molar-refractivity contribution in [1.82, 2.24) is 5.32 Å². The van der Waals surface area contributed by atoms with Crippen molar-refractivity contribution in [3.63, 3.8) is 0 Å². The third kappa shape index (κ3) is 3.22. The number of hydrogen-bond donors (Lipinski definition) is 1. The van der Waals surface area contributed by atoms with E-state index in [1.807, 2.05) is 24.3 Å². The van der Waals surface area contributed by atoms with Crippen LogP contribution in [0.1, 0.15) is 12.5 Å². The number of nitrogens with zero attached hydrogens (tertiary/aromatic N) is 1. The van der Waals surface area contributed by atoms with E-state index in [0.717, 1.165) is 25.3 Å². The van der Waals surface area contributed by atoms with Crippen LogP contribution in [0, 0.1) is 0 Å². The molecule has 0 radical (unpaired) electrons. The lowest BCUT2D eigenvalue weighted by molar-refractivity contribution is 0.485. The Labute approximate surface area is 151 Å². The molecule has 26 heavy (non-hydrogen) atoms. The highest BCUT2D eigenvalue weighted by molar-refractivity contribution is 5.82. The molecule has 1 N–H and O–H groups in total. The van der Waals surface area contributed by atoms with Gasteiger partial charge in [0.15, 0.2) is 5.43 Å². The number of rotatable bonds is 3. The van der Waals surface area contributed by atoms with Crippen molar-refractivity contribution in [2.45, 2.75) is 19.6 Å². The fourth-order valence-electron chi connectivity index (χ4n) is 3.46. The van der Waals surface area contributed by atoms with Gasteiger partial charge in [-0.15, -0.1) is 0 Å². The summed E-state index contributed by atoms with van der Waals surface area (Å²) in [5.41, 5.74) is 2.76. The molecule has 5 heteroatoms. The fraction of sp³-hybridized carbons (Fsp3) is 0.286. The van der Waals surface area contributed by atoms with Crippen LogP contribution in [0.5, 0.6) is 0 Å². The Hall–Kier alpha value is -2.66. The van der Waals surface area contributed by atoms with E-state index in [1.54, 1.807) is 18.2 Å². The number of anilines is 1. The molecule has 0 saturated carbocycles. The van der Waals surface area contributed by atoms with Gasteiger partial charge in [-0.3, -0.25) is 4.79 Å². The van der Waals surface area contributed by atoms with E-state index in [0.29, 0.717) is 33.9 Å². The Balaban J connectivity index is 1.74. The Morgan fingerprint density at radius 3 is 2.92 bits per heavy atom. The van der Waals surface area contributed by atoms with Gasteiger partial charge in [0.25, 0.3) is 0 Å². The Morgan fingerprint density at radius 1 is 1.23 bits per heavy atom. The molecule has 134 valence electrons. The quantitative estimate of drug-likeness (QED) is 0.780. The SMILES string of the molecule is C[C@H]1CN(c2ccc3oc(-c4cccc(CF)c4)cc(=O)c3c2)CCN1. The first-order valence-corrected chi connectivity index (χ1v) is 8.85. The van der Waals surface area contributed by atoms with Crippen LogP contribution >= 0.6 is 0 Å². The largest absolute Gasteiger partial charge is 0.456 e. The molecular weight excluding hydrogens is 331 g/mol. The van der Waals surface area contributed by atoms with Gasteiger partial charge in [-0.2, -0.15) is 0 Å². The van der Waals surface area contributed by atoms with E-state index in [4.69, 9.17) is 4.42 Å². The van der Waals surface area contributed by atoms with Gasteiger partial charge in [0.05, 0.1) is 5.39 Å². The Bertz CT molecular complexity index is 999. The standard InChI is InChI=1S/C21H21FN2O2/c1-14-13-24(8-7-23-14)17-5-6-20-18(10-17)19(25)11-21(26-20)16-4-2-3-15(9-16)12-22/h2-6,9-11,14,23H,7-8,12-13H2,1H3/t14-/m0/s1. The zero-order chi connectivity index (χ0) is 18.1. The second-order valence-electron chi connectivity index (χ2n) is 6.79. The fourth-order valence-corrected chi connectivity index (χ4v) is 3.46. The second kappa shape index (κ2) is 6.92. The normalized spacial score (nSPS) is 17.6. The van der Waals surface area contributed by atoms with Gasteiger partial charge in [0.2, 0.25) is 0 Å². The molecule has 0 unspecified atom stereocenters. The van der Waals surface area contributed by atoms with Crippen molar-refractivity contribution in [1.29, 1.82) is 0 Å². The predicted octanol–water partition coefficient (Wildman–Crippen LogP) is 3.73. The minimum Gasteiger partial charge on any atom is -0.456 e. The average Bonchev–Trinajstić information content (AvgIpc) is 2.67. The third-order valence-corrected chi connectivity index (χ3v) is 4.81. The van der Waals surface area contributed by atoms with Crippen LogP contribution in [-0.4, -0.2) is 25.7 Å². The summed E-state index contributed by atoms with van der Waals surface area (Å²) in [6.45, 7) is 4.36. The molecule has 0 spiro atoms. The summed E-state index contributed by atoms with van der Waals surface area (Å²) in [6.07, 6.45) is 0. The lowest BCUT2D eigenvalue weighted by atomic mass is 10.1. The van der Waals surface area contributed by atoms with Crippen LogP contribution in [0.15, 0.2) is 57.7 Å². The van der Waals surface area contributed by atoms with Crippen LogP contribution in [-0.2, 0) is 6.67 Å². The van der Waals surface area contributed by atoms with Gasteiger partial charge in [0.1, 0.15) is 18.0 Å². The first-order valence-electron chi connectivity index (χ1n) is 8.85. The number of nitrogens with one attached hydrogen (secondary N) is 1. The van der Waals surface area contributed by atoms with Crippen molar-refractivity contribution in [2.24, 2.45) is 0 Å². The molecule has 2 heterocycles. The molecule has 1 aromatic heterocycles. The molecule has 1 atom stereocenters. The molecule has 0 amide bonds. The number of fused-ring (bicyclic) bond motifs is 1. The van der Waals surface area contributed by atoms with Crippen LogP contribution in [0.2, 0.25) is 0 Å². The predicted molar refractivity (Wildman–Crippen MR) is 102 cm³/mol. The van der Waals surface area contributed by atoms with Crippen LogP contribution in [0.4, 0.5) is 10.1 Å². The van der Waals surface area contributed by atoms with Crippen LogP contribution < -0.4 is 15.6 Å². The number of alkyl halides is 1. The summed E-state index contributed by atoms with van der Waals surface area (Å²) in [5, 5.41) is 3.99. The third-order valence-electron chi connectivity index (χ3n) is 4.81. The molecule has 1 aliphatic heterocycles. The number of halogens is 1. The maximum absolute atomic E-state index is 12.9. The van der Waals surface area contributed by atoms with Crippen molar-refractivity contribution in [2.75, 3.05) is 24.5 Å². The maximum atomic E-state index is 12.9. The van der Waals surface area contributed by atoms with E-state index in [2.05, 4.69) is 17.1 Å². The number of hydrogen-bond acceptors (Lipinski definition) is 4. The van der Waals surface area contributed by atoms with Crippen LogP contribution in [0.25, 0.3) is 22.3 Å². The summed E-state index contributed by atoms with van der Waals surface area (Å²) in [7, 11) is 0. The van der Waals surface area contributed by atoms with E-state index >= 15 is 0 Å². The molecule has 0 aliphatic carbocycles. The minimum atomic E-state index is -0.544. The van der Waals surface area contributed by atoms with Gasteiger partial charge in [-0.1, -0.05) is 18.2 Å². The highest BCUT2D eigenvalue weighted by Gasteiger charge is 2.17. The van der Waals surface area contributed by atoms with Crippen molar-refractivity contribution in [3.05, 3.63) is 64.3 Å². The summed E-state index contributed by atoms with van der Waals surface area (Å²) in [6, 6.07) is 14.7. The van der Waals surface area contributed by atoms with Gasteiger partial charge in [-0.05, 0) is 36.8 Å². The molecule has 4 nitrogen and oxygen atoms in total. The van der Waals surface area contributed by atoms with E-state index in [9.17, 15) is 9.18 Å². The van der Waals surface area contributed by atoms with Gasteiger partial charge < -0.3 is 14.6 Å². The zero-order valence-electron chi connectivity index (χ0n) is 14.7. The number of benzene rings is 2. The lowest BCUT2D eigenvalue weighted by Gasteiger charge is -2.33. The smallest absolute Gasteiger partial charge is 0.193 e. The molecule has 1 fully saturated rings. The Kier molecular flexibility index (Phi) is 4.47. The van der Waals surface area contributed by atoms with Crippen molar-refractivity contribution in [3.8, 4) is 11.3 Å². The van der Waals surface area contributed by atoms with Crippen molar-refractivity contribution >= 4 is 16.7 Å². The number of piperazine rings is 1. The molecule has 3 aromatic rings. The first kappa shape index (κ1) is 16.8.